The number of fused-ring (bicyclic) bond motifs is 1. The van der Waals surface area contributed by atoms with E-state index in [1.807, 2.05) is 19.2 Å². The van der Waals surface area contributed by atoms with E-state index in [-0.39, 0.29) is 6.04 Å². The monoisotopic (exact) mass is 277 g/mol. The number of benzene rings is 1. The van der Waals surface area contributed by atoms with E-state index >= 15 is 0 Å². The van der Waals surface area contributed by atoms with Gasteiger partial charge in [0, 0.05) is 6.61 Å². The second-order valence-electron chi connectivity index (χ2n) is 5.64. The summed E-state index contributed by atoms with van der Waals surface area (Å²) in [5, 5.41) is 3.31. The van der Waals surface area contributed by atoms with Gasteiger partial charge in [-0.15, -0.1) is 0 Å². The zero-order valence-corrected chi connectivity index (χ0v) is 12.1. The first kappa shape index (κ1) is 13.7. The van der Waals surface area contributed by atoms with Crippen LogP contribution in [-0.4, -0.2) is 27.1 Å². The van der Waals surface area contributed by atoms with E-state index in [9.17, 15) is 0 Å². The van der Waals surface area contributed by atoms with E-state index in [4.69, 9.17) is 14.2 Å². The van der Waals surface area contributed by atoms with Crippen molar-refractivity contribution in [1.29, 1.82) is 0 Å². The van der Waals surface area contributed by atoms with E-state index in [1.165, 1.54) is 31.2 Å². The molecular formula is C16H23NO3. The van der Waals surface area contributed by atoms with E-state index in [0.717, 1.165) is 24.0 Å². The van der Waals surface area contributed by atoms with Gasteiger partial charge >= 0.3 is 0 Å². The van der Waals surface area contributed by atoms with Gasteiger partial charge in [-0.25, -0.2) is 0 Å². The molecule has 0 amide bonds. The quantitative estimate of drug-likeness (QED) is 0.868. The fourth-order valence-corrected chi connectivity index (χ4v) is 3.01. The maximum Gasteiger partial charge on any atom is 0.231 e. The molecule has 1 saturated carbocycles. The molecule has 1 heterocycles. The lowest BCUT2D eigenvalue weighted by Gasteiger charge is -2.18. The summed E-state index contributed by atoms with van der Waals surface area (Å²) in [6.07, 6.45) is 5.39. The predicted molar refractivity (Wildman–Crippen MR) is 77.1 cm³/mol. The molecule has 3 rings (SSSR count). The van der Waals surface area contributed by atoms with Crippen molar-refractivity contribution in [3.63, 3.8) is 0 Å². The van der Waals surface area contributed by atoms with E-state index in [1.54, 1.807) is 0 Å². The highest BCUT2D eigenvalue weighted by atomic mass is 16.7. The van der Waals surface area contributed by atoms with Crippen molar-refractivity contribution >= 4 is 0 Å². The van der Waals surface area contributed by atoms with Crippen LogP contribution in [0.15, 0.2) is 18.2 Å². The number of hydrogen-bond donors (Lipinski definition) is 1. The predicted octanol–water partition coefficient (Wildman–Crippen LogP) is 2.88. The van der Waals surface area contributed by atoms with Crippen LogP contribution in [0.3, 0.4) is 0 Å². The smallest absolute Gasteiger partial charge is 0.231 e. The third-order valence-electron chi connectivity index (χ3n) is 4.26. The first-order chi connectivity index (χ1) is 9.86. The molecule has 1 unspecified atom stereocenters. The van der Waals surface area contributed by atoms with Gasteiger partial charge in [-0.3, -0.25) is 0 Å². The number of nitrogens with one attached hydrogen (secondary N) is 1. The Balaban J connectivity index is 1.55. The summed E-state index contributed by atoms with van der Waals surface area (Å²) in [6.45, 7) is 1.91. The van der Waals surface area contributed by atoms with Crippen molar-refractivity contribution < 1.29 is 14.2 Å². The second kappa shape index (κ2) is 6.46. The largest absolute Gasteiger partial charge is 0.454 e. The molecular weight excluding hydrogens is 254 g/mol. The van der Waals surface area contributed by atoms with Crippen molar-refractivity contribution in [3.8, 4) is 11.5 Å². The van der Waals surface area contributed by atoms with Gasteiger partial charge in [0.25, 0.3) is 0 Å². The van der Waals surface area contributed by atoms with Crippen molar-refractivity contribution in [2.45, 2.75) is 31.7 Å². The lowest BCUT2D eigenvalue weighted by molar-refractivity contribution is 0.0844. The Morgan fingerprint density at radius 3 is 2.85 bits per heavy atom. The summed E-state index contributed by atoms with van der Waals surface area (Å²) in [7, 11) is 1.97. The van der Waals surface area contributed by atoms with E-state index in [2.05, 4.69) is 11.4 Å². The van der Waals surface area contributed by atoms with Gasteiger partial charge < -0.3 is 19.5 Å². The molecule has 4 heteroatoms. The molecule has 1 aliphatic carbocycles. The Hall–Kier alpha value is -1.26. The van der Waals surface area contributed by atoms with Crippen LogP contribution in [0.5, 0.6) is 11.5 Å². The molecule has 1 aromatic carbocycles. The van der Waals surface area contributed by atoms with Crippen molar-refractivity contribution in [2.75, 3.05) is 27.1 Å². The van der Waals surface area contributed by atoms with Crippen molar-refractivity contribution in [2.24, 2.45) is 5.92 Å². The minimum absolute atomic E-state index is 0.200. The number of ether oxygens (including phenoxy) is 3. The van der Waals surface area contributed by atoms with Crippen LogP contribution in [0.4, 0.5) is 0 Å². The van der Waals surface area contributed by atoms with Gasteiger partial charge in [-0.05, 0) is 43.5 Å². The molecule has 4 nitrogen and oxygen atoms in total. The van der Waals surface area contributed by atoms with Gasteiger partial charge in [-0.2, -0.15) is 0 Å². The van der Waals surface area contributed by atoms with Crippen LogP contribution in [0.2, 0.25) is 0 Å². The van der Waals surface area contributed by atoms with Crippen LogP contribution in [0.1, 0.15) is 37.3 Å². The Morgan fingerprint density at radius 1 is 1.25 bits per heavy atom. The summed E-state index contributed by atoms with van der Waals surface area (Å²) < 4.78 is 16.7. The Morgan fingerprint density at radius 2 is 2.05 bits per heavy atom. The molecule has 0 saturated heterocycles. The fourth-order valence-electron chi connectivity index (χ4n) is 3.01. The Kier molecular flexibility index (Phi) is 4.43. The minimum Gasteiger partial charge on any atom is -0.454 e. The average Bonchev–Trinajstić information content (AvgIpc) is 3.13. The summed E-state index contributed by atoms with van der Waals surface area (Å²) in [5.41, 5.74) is 1.18. The Labute approximate surface area is 120 Å². The maximum absolute atomic E-state index is 5.91. The molecule has 110 valence electrons. The SMILES string of the molecule is CNC(COCC1CCCC1)c1ccc2c(c1)OCO2. The van der Waals surface area contributed by atoms with Gasteiger partial charge in [0.15, 0.2) is 11.5 Å². The maximum atomic E-state index is 5.91. The third-order valence-corrected chi connectivity index (χ3v) is 4.26. The molecule has 0 bridgehead atoms. The van der Waals surface area contributed by atoms with Gasteiger partial charge in [-0.1, -0.05) is 18.9 Å². The lowest BCUT2D eigenvalue weighted by Crippen LogP contribution is -2.23. The standard InChI is InChI=1S/C16H23NO3/c1-17-14(10-18-9-12-4-2-3-5-12)13-6-7-15-16(8-13)20-11-19-15/h6-8,12,14,17H,2-5,9-11H2,1H3. The van der Waals surface area contributed by atoms with E-state index < -0.39 is 0 Å². The zero-order chi connectivity index (χ0) is 13.8. The third kappa shape index (κ3) is 3.07. The molecule has 1 aliphatic heterocycles. The highest BCUT2D eigenvalue weighted by molar-refractivity contribution is 5.45. The summed E-state index contributed by atoms with van der Waals surface area (Å²) in [5.74, 6) is 2.43. The first-order valence-corrected chi connectivity index (χ1v) is 7.51. The summed E-state index contributed by atoms with van der Waals surface area (Å²) in [6, 6.07) is 6.29. The molecule has 1 fully saturated rings. The molecule has 20 heavy (non-hydrogen) atoms. The molecule has 2 aliphatic rings. The molecule has 0 aromatic heterocycles. The normalized spacial score (nSPS) is 19.4. The second-order valence-corrected chi connectivity index (χ2v) is 5.64. The van der Waals surface area contributed by atoms with Gasteiger partial charge in [0.2, 0.25) is 6.79 Å². The number of hydrogen-bond acceptors (Lipinski definition) is 4. The first-order valence-electron chi connectivity index (χ1n) is 7.51. The molecule has 1 aromatic rings. The molecule has 1 N–H and O–H groups in total. The average molecular weight is 277 g/mol. The highest BCUT2D eigenvalue weighted by Crippen LogP contribution is 2.34. The van der Waals surface area contributed by atoms with E-state index in [0.29, 0.717) is 13.4 Å². The van der Waals surface area contributed by atoms with Crippen LogP contribution in [-0.2, 0) is 4.74 Å². The topological polar surface area (TPSA) is 39.7 Å². The van der Waals surface area contributed by atoms with Crippen LogP contribution in [0, 0.1) is 5.92 Å². The minimum atomic E-state index is 0.200. The highest BCUT2D eigenvalue weighted by Gasteiger charge is 2.19. The van der Waals surface area contributed by atoms with Crippen LogP contribution < -0.4 is 14.8 Å². The van der Waals surface area contributed by atoms with Gasteiger partial charge in [0.05, 0.1) is 12.6 Å². The number of rotatable bonds is 6. The van der Waals surface area contributed by atoms with Crippen LogP contribution in [0.25, 0.3) is 0 Å². The summed E-state index contributed by atoms with van der Waals surface area (Å²) in [4.78, 5) is 0. The summed E-state index contributed by atoms with van der Waals surface area (Å²) >= 11 is 0. The lowest BCUT2D eigenvalue weighted by atomic mass is 10.1. The molecule has 0 spiro atoms. The van der Waals surface area contributed by atoms with Crippen molar-refractivity contribution in [1.82, 2.24) is 5.32 Å². The zero-order valence-electron chi connectivity index (χ0n) is 12.1. The Bertz CT molecular complexity index is 443. The fraction of sp³-hybridized carbons (Fsp3) is 0.625. The van der Waals surface area contributed by atoms with Crippen LogP contribution >= 0.6 is 0 Å². The van der Waals surface area contributed by atoms with Gasteiger partial charge in [0.1, 0.15) is 0 Å². The molecule has 0 radical (unpaired) electrons. The van der Waals surface area contributed by atoms with Crippen molar-refractivity contribution in [3.05, 3.63) is 23.8 Å². The molecule has 1 atom stereocenters. The number of likely N-dealkylation sites (N-methyl/N-ethyl adjacent to an activating group) is 1.